The standard InChI is InChI=1S/C14H18ClN5/c15-13-19-11-10(16-8-17-11)12(20-13)18-9-4-3-7-14(9)5-1-2-6-14/h8-9H,1-7H2,(H2,16,17,18,19,20). The van der Waals surface area contributed by atoms with E-state index in [-0.39, 0.29) is 5.28 Å². The summed E-state index contributed by atoms with van der Waals surface area (Å²) in [7, 11) is 0. The molecule has 1 atom stereocenters. The molecule has 2 aromatic rings. The predicted octanol–water partition coefficient (Wildman–Crippen LogP) is 3.53. The van der Waals surface area contributed by atoms with Crippen LogP contribution in [-0.4, -0.2) is 26.0 Å². The Morgan fingerprint density at radius 3 is 2.85 bits per heavy atom. The maximum absolute atomic E-state index is 6.00. The molecule has 2 fully saturated rings. The summed E-state index contributed by atoms with van der Waals surface area (Å²) in [6.45, 7) is 0. The van der Waals surface area contributed by atoms with E-state index < -0.39 is 0 Å². The Morgan fingerprint density at radius 2 is 2.00 bits per heavy atom. The third-order valence-electron chi connectivity index (χ3n) is 5.08. The molecular weight excluding hydrogens is 274 g/mol. The van der Waals surface area contributed by atoms with Crippen LogP contribution in [0.15, 0.2) is 6.33 Å². The van der Waals surface area contributed by atoms with Crippen molar-refractivity contribution >= 4 is 28.6 Å². The Morgan fingerprint density at radius 1 is 1.20 bits per heavy atom. The molecule has 106 valence electrons. The topological polar surface area (TPSA) is 66.5 Å². The predicted molar refractivity (Wildman–Crippen MR) is 78.9 cm³/mol. The molecule has 0 amide bonds. The third-order valence-corrected chi connectivity index (χ3v) is 5.24. The van der Waals surface area contributed by atoms with Crippen LogP contribution < -0.4 is 5.32 Å². The van der Waals surface area contributed by atoms with Crippen molar-refractivity contribution in [2.24, 2.45) is 5.41 Å². The van der Waals surface area contributed by atoms with Crippen LogP contribution in [-0.2, 0) is 0 Å². The van der Waals surface area contributed by atoms with Gasteiger partial charge in [-0.25, -0.2) is 4.98 Å². The molecular formula is C14H18ClN5. The summed E-state index contributed by atoms with van der Waals surface area (Å²) >= 11 is 6.00. The average Bonchev–Trinajstić information content (AvgIpc) is 3.13. The van der Waals surface area contributed by atoms with Crippen LogP contribution in [0.2, 0.25) is 5.28 Å². The molecule has 5 nitrogen and oxygen atoms in total. The highest BCUT2D eigenvalue weighted by Gasteiger charge is 2.44. The number of H-pyrrole nitrogens is 1. The van der Waals surface area contributed by atoms with Crippen LogP contribution in [0, 0.1) is 5.41 Å². The normalized spacial score (nSPS) is 24.8. The summed E-state index contributed by atoms with van der Waals surface area (Å²) < 4.78 is 0. The monoisotopic (exact) mass is 291 g/mol. The minimum atomic E-state index is 0.255. The SMILES string of the molecule is Clc1nc(NC2CCCC23CCCC3)c2[nH]cnc2n1. The van der Waals surface area contributed by atoms with E-state index in [4.69, 9.17) is 11.6 Å². The van der Waals surface area contributed by atoms with E-state index in [1.807, 2.05) is 0 Å². The highest BCUT2D eigenvalue weighted by Crippen LogP contribution is 2.51. The first-order valence-corrected chi connectivity index (χ1v) is 7.78. The fourth-order valence-corrected chi connectivity index (χ4v) is 4.28. The van der Waals surface area contributed by atoms with Crippen molar-refractivity contribution in [3.8, 4) is 0 Å². The van der Waals surface area contributed by atoms with Gasteiger partial charge in [-0.05, 0) is 42.7 Å². The number of hydrogen-bond acceptors (Lipinski definition) is 4. The zero-order valence-corrected chi connectivity index (χ0v) is 12.1. The second-order valence-electron chi connectivity index (χ2n) is 6.10. The van der Waals surface area contributed by atoms with Gasteiger partial charge in [0.15, 0.2) is 11.5 Å². The lowest BCUT2D eigenvalue weighted by atomic mass is 9.81. The van der Waals surface area contributed by atoms with Gasteiger partial charge in [0.25, 0.3) is 0 Å². The van der Waals surface area contributed by atoms with Gasteiger partial charge in [-0.1, -0.05) is 19.3 Å². The molecule has 2 N–H and O–H groups in total. The lowest BCUT2D eigenvalue weighted by Crippen LogP contribution is -2.34. The van der Waals surface area contributed by atoms with Crippen molar-refractivity contribution in [1.82, 2.24) is 19.9 Å². The number of imidazole rings is 1. The van der Waals surface area contributed by atoms with E-state index in [2.05, 4.69) is 25.3 Å². The first-order chi connectivity index (χ1) is 9.77. The van der Waals surface area contributed by atoms with Crippen molar-refractivity contribution in [3.63, 3.8) is 0 Å². The summed E-state index contributed by atoms with van der Waals surface area (Å²) in [5.41, 5.74) is 1.96. The maximum Gasteiger partial charge on any atom is 0.226 e. The molecule has 4 rings (SSSR count). The number of aromatic amines is 1. The van der Waals surface area contributed by atoms with Crippen LogP contribution in [0.25, 0.3) is 11.2 Å². The Bertz CT molecular complexity index is 626. The van der Waals surface area contributed by atoms with Crippen LogP contribution >= 0.6 is 11.6 Å². The van der Waals surface area contributed by atoms with Gasteiger partial charge in [-0.2, -0.15) is 9.97 Å². The van der Waals surface area contributed by atoms with E-state index in [9.17, 15) is 0 Å². The molecule has 2 saturated carbocycles. The molecule has 2 aliphatic rings. The zero-order chi connectivity index (χ0) is 13.6. The van der Waals surface area contributed by atoms with Crippen LogP contribution in [0.4, 0.5) is 5.82 Å². The molecule has 0 radical (unpaired) electrons. The summed E-state index contributed by atoms with van der Waals surface area (Å²) in [4.78, 5) is 15.8. The van der Waals surface area contributed by atoms with Crippen molar-refractivity contribution < 1.29 is 0 Å². The highest BCUT2D eigenvalue weighted by atomic mass is 35.5. The van der Waals surface area contributed by atoms with Crippen LogP contribution in [0.3, 0.4) is 0 Å². The zero-order valence-electron chi connectivity index (χ0n) is 11.3. The molecule has 0 bridgehead atoms. The lowest BCUT2D eigenvalue weighted by Gasteiger charge is -2.32. The number of rotatable bonds is 2. The summed E-state index contributed by atoms with van der Waals surface area (Å²) in [5.74, 6) is 0.802. The second kappa shape index (κ2) is 4.58. The molecule has 6 heteroatoms. The number of nitrogens with zero attached hydrogens (tertiary/aromatic N) is 3. The largest absolute Gasteiger partial charge is 0.365 e. The number of aromatic nitrogens is 4. The fourth-order valence-electron chi connectivity index (χ4n) is 4.12. The highest BCUT2D eigenvalue weighted by molar-refractivity contribution is 6.28. The number of nitrogens with one attached hydrogen (secondary N) is 2. The molecule has 0 saturated heterocycles. The van der Waals surface area contributed by atoms with Crippen molar-refractivity contribution in [3.05, 3.63) is 11.6 Å². The maximum atomic E-state index is 6.00. The third kappa shape index (κ3) is 1.87. The van der Waals surface area contributed by atoms with E-state index in [1.165, 1.54) is 44.9 Å². The Balaban J connectivity index is 1.68. The first kappa shape index (κ1) is 12.4. The van der Waals surface area contributed by atoms with Gasteiger partial charge < -0.3 is 10.3 Å². The van der Waals surface area contributed by atoms with E-state index >= 15 is 0 Å². The molecule has 2 heterocycles. The molecule has 20 heavy (non-hydrogen) atoms. The van der Waals surface area contributed by atoms with E-state index in [0.29, 0.717) is 17.1 Å². The molecule has 1 unspecified atom stereocenters. The van der Waals surface area contributed by atoms with Gasteiger partial charge in [0, 0.05) is 6.04 Å². The number of anilines is 1. The molecule has 2 aliphatic carbocycles. The Hall–Kier alpha value is -1.36. The van der Waals surface area contributed by atoms with Crippen molar-refractivity contribution in [2.75, 3.05) is 5.32 Å². The smallest absolute Gasteiger partial charge is 0.226 e. The van der Waals surface area contributed by atoms with Gasteiger partial charge in [-0.15, -0.1) is 0 Å². The molecule has 0 aliphatic heterocycles. The lowest BCUT2D eigenvalue weighted by molar-refractivity contribution is 0.283. The van der Waals surface area contributed by atoms with Crippen LogP contribution in [0.5, 0.6) is 0 Å². The van der Waals surface area contributed by atoms with Crippen molar-refractivity contribution in [2.45, 2.75) is 51.0 Å². The van der Waals surface area contributed by atoms with Crippen LogP contribution in [0.1, 0.15) is 44.9 Å². The average molecular weight is 292 g/mol. The summed E-state index contributed by atoms with van der Waals surface area (Å²) in [5, 5.41) is 3.89. The van der Waals surface area contributed by atoms with Gasteiger partial charge in [0.05, 0.1) is 6.33 Å². The number of halogens is 1. The van der Waals surface area contributed by atoms with Crippen molar-refractivity contribution in [1.29, 1.82) is 0 Å². The van der Waals surface area contributed by atoms with Gasteiger partial charge >= 0.3 is 0 Å². The van der Waals surface area contributed by atoms with E-state index in [1.54, 1.807) is 6.33 Å². The Labute approximate surface area is 122 Å². The molecule has 1 spiro atoms. The minimum Gasteiger partial charge on any atom is -0.365 e. The number of fused-ring (bicyclic) bond motifs is 1. The van der Waals surface area contributed by atoms with E-state index in [0.717, 1.165) is 11.3 Å². The fraction of sp³-hybridized carbons (Fsp3) is 0.643. The molecule has 0 aromatic carbocycles. The second-order valence-corrected chi connectivity index (χ2v) is 6.44. The number of hydrogen-bond donors (Lipinski definition) is 2. The first-order valence-electron chi connectivity index (χ1n) is 7.40. The summed E-state index contributed by atoms with van der Waals surface area (Å²) in [6, 6.07) is 0.502. The minimum absolute atomic E-state index is 0.255. The Kier molecular flexibility index (Phi) is 2.84. The quantitative estimate of drug-likeness (QED) is 0.831. The summed E-state index contributed by atoms with van der Waals surface area (Å²) in [6.07, 6.45) is 10.9. The van der Waals surface area contributed by atoms with Gasteiger partial charge in [0.1, 0.15) is 5.52 Å². The molecule has 2 aromatic heterocycles. The van der Waals surface area contributed by atoms with Gasteiger partial charge in [0.2, 0.25) is 5.28 Å². The van der Waals surface area contributed by atoms with Gasteiger partial charge in [-0.3, -0.25) is 0 Å².